The van der Waals surface area contributed by atoms with E-state index in [0.717, 1.165) is 18.2 Å². The third kappa shape index (κ3) is 4.22. The van der Waals surface area contributed by atoms with Crippen LogP contribution in [0, 0.1) is 20.2 Å². The molecule has 2 aromatic rings. The normalized spacial score (nSPS) is 14.7. The molecule has 0 saturated carbocycles. The molecule has 0 aliphatic heterocycles. The Balaban J connectivity index is 2.09. The Kier molecular flexibility index (Phi) is 6.54. The zero-order valence-electron chi connectivity index (χ0n) is 17.7. The van der Waals surface area contributed by atoms with Crippen LogP contribution in [0.1, 0.15) is 21.5 Å². The Morgan fingerprint density at radius 3 is 1.89 bits per heavy atom. The second-order valence-corrected chi connectivity index (χ2v) is 7.54. The number of oxime groups is 1. The summed E-state index contributed by atoms with van der Waals surface area (Å²) in [7, 11) is 0. The topological polar surface area (TPSA) is 145 Å². The monoisotopic (exact) mass is 561 g/mol. The number of rotatable bonds is 7. The number of nitro benzene ring substituents is 2. The van der Waals surface area contributed by atoms with Crippen LogP contribution in [0.15, 0.2) is 35.5 Å². The van der Waals surface area contributed by atoms with Gasteiger partial charge in [-0.05, 0) is 11.6 Å². The standard InChI is InChI=1S/C19H8F9N3O7/c20-16(21,17(22,23)18(24,25)19(26,27)28)6-38-15(32)12-5-8(31(36)37)4-11-13(12)9-2-1-7(30(34)35)3-10(9)14(11)29-33/h1-5,33H,6H2. The van der Waals surface area contributed by atoms with Crippen LogP contribution in [0.3, 0.4) is 0 Å². The Hall–Kier alpha value is -4.45. The fraction of sp³-hybridized carbons (Fsp3) is 0.263. The Morgan fingerprint density at radius 2 is 1.39 bits per heavy atom. The molecule has 204 valence electrons. The van der Waals surface area contributed by atoms with Crippen LogP contribution in [0.2, 0.25) is 0 Å². The van der Waals surface area contributed by atoms with Crippen molar-refractivity contribution in [1.29, 1.82) is 0 Å². The molecule has 0 aromatic heterocycles. The molecule has 10 nitrogen and oxygen atoms in total. The highest BCUT2D eigenvalue weighted by Crippen LogP contribution is 2.53. The highest BCUT2D eigenvalue weighted by molar-refractivity contribution is 6.27. The SMILES string of the molecule is O=C(OCC(F)(F)C(F)(F)C(F)(F)C(F)(F)F)c1cc([N+](=O)[O-])cc2c1-c1ccc([N+](=O)[O-])cc1C2=NO. The van der Waals surface area contributed by atoms with Crippen molar-refractivity contribution in [1.82, 2.24) is 0 Å². The molecule has 0 heterocycles. The minimum absolute atomic E-state index is 0.221. The van der Waals surface area contributed by atoms with E-state index < -0.39 is 80.1 Å². The van der Waals surface area contributed by atoms with Crippen LogP contribution >= 0.6 is 0 Å². The van der Waals surface area contributed by atoms with Gasteiger partial charge in [0, 0.05) is 41.0 Å². The van der Waals surface area contributed by atoms with E-state index >= 15 is 0 Å². The first-order valence-corrected chi connectivity index (χ1v) is 9.50. The lowest BCUT2D eigenvalue weighted by Crippen LogP contribution is -2.62. The molecule has 0 atom stereocenters. The lowest BCUT2D eigenvalue weighted by Gasteiger charge is -2.33. The number of carbonyl (C=O) groups excluding carboxylic acids is 1. The van der Waals surface area contributed by atoms with Crippen molar-refractivity contribution in [2.24, 2.45) is 5.16 Å². The van der Waals surface area contributed by atoms with E-state index in [2.05, 4.69) is 9.89 Å². The summed E-state index contributed by atoms with van der Waals surface area (Å²) in [6.45, 7) is -3.02. The number of benzene rings is 2. The van der Waals surface area contributed by atoms with Crippen LogP contribution in [0.4, 0.5) is 50.9 Å². The van der Waals surface area contributed by atoms with Crippen molar-refractivity contribution in [2.75, 3.05) is 6.61 Å². The Labute approximate surface area is 202 Å². The lowest BCUT2D eigenvalue weighted by atomic mass is 9.98. The number of nitrogens with zero attached hydrogens (tertiary/aromatic N) is 3. The maximum atomic E-state index is 13.8. The largest absolute Gasteiger partial charge is 0.460 e. The zero-order chi connectivity index (χ0) is 29.0. The molecule has 0 amide bonds. The van der Waals surface area contributed by atoms with Crippen molar-refractivity contribution in [3.05, 3.63) is 67.3 Å². The van der Waals surface area contributed by atoms with E-state index in [1.54, 1.807) is 0 Å². The van der Waals surface area contributed by atoms with E-state index in [0.29, 0.717) is 12.1 Å². The second kappa shape index (κ2) is 8.84. The molecule has 0 radical (unpaired) electrons. The zero-order valence-corrected chi connectivity index (χ0v) is 17.7. The van der Waals surface area contributed by atoms with Gasteiger partial charge in [-0.2, -0.15) is 39.5 Å². The lowest BCUT2D eigenvalue weighted by molar-refractivity contribution is -0.398. The molecular weight excluding hydrogens is 553 g/mol. The van der Waals surface area contributed by atoms with Crippen LogP contribution < -0.4 is 0 Å². The van der Waals surface area contributed by atoms with E-state index in [9.17, 15) is 69.7 Å². The van der Waals surface area contributed by atoms with Crippen LogP contribution in [-0.4, -0.2) is 57.3 Å². The highest BCUT2D eigenvalue weighted by atomic mass is 19.4. The second-order valence-electron chi connectivity index (χ2n) is 7.54. The van der Waals surface area contributed by atoms with E-state index in [1.165, 1.54) is 0 Å². The predicted octanol–water partition coefficient (Wildman–Crippen LogP) is 5.34. The van der Waals surface area contributed by atoms with E-state index in [-0.39, 0.29) is 11.1 Å². The van der Waals surface area contributed by atoms with Crippen molar-refractivity contribution < 1.29 is 64.1 Å². The quantitative estimate of drug-likeness (QED) is 0.135. The summed E-state index contributed by atoms with van der Waals surface area (Å²) >= 11 is 0. The molecule has 0 fully saturated rings. The van der Waals surface area contributed by atoms with Gasteiger partial charge in [-0.3, -0.25) is 20.2 Å². The van der Waals surface area contributed by atoms with Crippen molar-refractivity contribution in [2.45, 2.75) is 23.9 Å². The number of fused-ring (bicyclic) bond motifs is 3. The van der Waals surface area contributed by atoms with Crippen LogP contribution in [0.25, 0.3) is 11.1 Å². The summed E-state index contributed by atoms with van der Waals surface area (Å²) in [5.41, 5.74) is -4.74. The first-order valence-electron chi connectivity index (χ1n) is 9.50. The number of hydrogen-bond donors (Lipinski definition) is 1. The number of alkyl halides is 9. The van der Waals surface area contributed by atoms with Gasteiger partial charge in [0.2, 0.25) is 0 Å². The molecule has 0 saturated heterocycles. The number of carbonyl (C=O) groups is 1. The number of hydrogen-bond acceptors (Lipinski definition) is 8. The van der Waals surface area contributed by atoms with Gasteiger partial charge in [-0.1, -0.05) is 5.16 Å². The van der Waals surface area contributed by atoms with Gasteiger partial charge in [-0.15, -0.1) is 0 Å². The Bertz CT molecular complexity index is 1390. The molecule has 0 bridgehead atoms. The van der Waals surface area contributed by atoms with Crippen molar-refractivity contribution in [3.8, 4) is 11.1 Å². The molecule has 1 N–H and O–H groups in total. The average Bonchev–Trinajstić information content (AvgIpc) is 3.13. The first-order chi connectivity index (χ1) is 17.3. The van der Waals surface area contributed by atoms with E-state index in [4.69, 9.17) is 0 Å². The molecule has 2 aromatic carbocycles. The number of ether oxygens (including phenoxy) is 1. The Morgan fingerprint density at radius 1 is 0.842 bits per heavy atom. The maximum Gasteiger partial charge on any atom is 0.460 e. The average molecular weight is 561 g/mol. The minimum Gasteiger partial charge on any atom is -0.455 e. The molecule has 0 unspecified atom stereocenters. The van der Waals surface area contributed by atoms with Gasteiger partial charge in [-0.25, -0.2) is 4.79 Å². The van der Waals surface area contributed by atoms with Gasteiger partial charge >= 0.3 is 29.9 Å². The smallest absolute Gasteiger partial charge is 0.455 e. The van der Waals surface area contributed by atoms with Crippen LogP contribution in [0.5, 0.6) is 0 Å². The van der Waals surface area contributed by atoms with E-state index in [1.807, 2.05) is 0 Å². The summed E-state index contributed by atoms with van der Waals surface area (Å²) in [6.07, 6.45) is -7.11. The van der Waals surface area contributed by atoms with Crippen molar-refractivity contribution >= 4 is 23.1 Å². The molecule has 1 aliphatic rings. The van der Waals surface area contributed by atoms with Gasteiger partial charge in [0.1, 0.15) is 5.71 Å². The summed E-state index contributed by atoms with van der Waals surface area (Å²) in [6, 6.07) is 3.67. The molecule has 0 spiro atoms. The summed E-state index contributed by atoms with van der Waals surface area (Å²) < 4.78 is 122. The number of halogens is 9. The maximum absolute atomic E-state index is 13.8. The fourth-order valence-corrected chi connectivity index (χ4v) is 3.41. The van der Waals surface area contributed by atoms with Gasteiger partial charge < -0.3 is 9.94 Å². The third-order valence-corrected chi connectivity index (χ3v) is 5.24. The summed E-state index contributed by atoms with van der Waals surface area (Å²) in [4.78, 5) is 32.8. The van der Waals surface area contributed by atoms with Gasteiger partial charge in [0.05, 0.1) is 15.4 Å². The summed E-state index contributed by atoms with van der Waals surface area (Å²) in [5.74, 6) is -22.7. The molecular formula is C19H8F9N3O7. The number of nitro groups is 2. The molecule has 38 heavy (non-hydrogen) atoms. The third-order valence-electron chi connectivity index (χ3n) is 5.24. The highest BCUT2D eigenvalue weighted by Gasteiger charge is 2.82. The van der Waals surface area contributed by atoms with Gasteiger partial charge in [0.25, 0.3) is 11.4 Å². The molecule has 3 rings (SSSR count). The minimum atomic E-state index is -7.25. The molecule has 1 aliphatic carbocycles. The molecule has 19 heteroatoms. The predicted molar refractivity (Wildman–Crippen MR) is 104 cm³/mol. The summed E-state index contributed by atoms with van der Waals surface area (Å²) in [5, 5.41) is 34.6. The van der Waals surface area contributed by atoms with Gasteiger partial charge in [0.15, 0.2) is 6.61 Å². The van der Waals surface area contributed by atoms with Crippen LogP contribution in [-0.2, 0) is 4.74 Å². The number of non-ortho nitro benzene ring substituents is 2. The first kappa shape index (κ1) is 28.1. The fourth-order valence-electron chi connectivity index (χ4n) is 3.41. The van der Waals surface area contributed by atoms with Crippen molar-refractivity contribution in [3.63, 3.8) is 0 Å². The number of esters is 1.